The molecule has 1 atom stereocenters. The summed E-state index contributed by atoms with van der Waals surface area (Å²) in [4.78, 5) is 12.4. The molecule has 0 saturated heterocycles. The third kappa shape index (κ3) is 3.43. The van der Waals surface area contributed by atoms with Crippen molar-refractivity contribution in [2.45, 2.75) is 19.6 Å². The maximum atomic E-state index is 12.9. The molecule has 1 unspecified atom stereocenters. The molecule has 0 fully saturated rings. The SMILES string of the molecule is CC1=C(N=[N+]([O-])c2cccc3ccccc23)C(C=O)N(c2ccc(CO)cc2)N1. The summed E-state index contributed by atoms with van der Waals surface area (Å²) < 4.78 is 0. The summed E-state index contributed by atoms with van der Waals surface area (Å²) in [5.41, 5.74) is 6.00. The van der Waals surface area contributed by atoms with E-state index in [0.717, 1.165) is 28.3 Å². The molecule has 1 heterocycles. The monoisotopic (exact) mass is 388 g/mol. The van der Waals surface area contributed by atoms with Gasteiger partial charge in [-0.05, 0) is 40.9 Å². The van der Waals surface area contributed by atoms with Crippen molar-refractivity contribution in [3.63, 3.8) is 0 Å². The Morgan fingerprint density at radius 3 is 2.59 bits per heavy atom. The molecule has 0 spiro atoms. The van der Waals surface area contributed by atoms with Crippen LogP contribution in [0.1, 0.15) is 12.5 Å². The number of benzene rings is 3. The molecular formula is C22H20N4O3. The number of aldehydes is 1. The molecule has 3 aromatic carbocycles. The van der Waals surface area contributed by atoms with E-state index in [4.69, 9.17) is 0 Å². The number of nitrogens with zero attached hydrogens (tertiary/aromatic N) is 3. The van der Waals surface area contributed by atoms with Crippen LogP contribution < -0.4 is 10.4 Å². The first kappa shape index (κ1) is 18.6. The first-order valence-electron chi connectivity index (χ1n) is 9.21. The van der Waals surface area contributed by atoms with Gasteiger partial charge in [0.05, 0.1) is 23.4 Å². The number of hydrogen-bond donors (Lipinski definition) is 2. The van der Waals surface area contributed by atoms with Crippen molar-refractivity contribution >= 4 is 28.4 Å². The van der Waals surface area contributed by atoms with E-state index >= 15 is 0 Å². The number of carbonyl (C=O) groups excluding carboxylic acids is 1. The van der Waals surface area contributed by atoms with Crippen molar-refractivity contribution in [1.29, 1.82) is 0 Å². The Bertz CT molecular complexity index is 1120. The highest BCUT2D eigenvalue weighted by molar-refractivity contribution is 5.90. The summed E-state index contributed by atoms with van der Waals surface area (Å²) in [6.07, 6.45) is 0.749. The zero-order valence-electron chi connectivity index (χ0n) is 15.8. The Hall–Kier alpha value is -3.71. The summed E-state index contributed by atoms with van der Waals surface area (Å²) in [5.74, 6) is 0. The number of aliphatic hydroxyl groups excluding tert-OH is 1. The highest BCUT2D eigenvalue weighted by Gasteiger charge is 2.34. The molecule has 7 heteroatoms. The minimum Gasteiger partial charge on any atom is -0.594 e. The lowest BCUT2D eigenvalue weighted by atomic mass is 10.1. The Balaban J connectivity index is 1.69. The molecule has 4 rings (SSSR count). The molecular weight excluding hydrogens is 368 g/mol. The zero-order chi connectivity index (χ0) is 20.4. The van der Waals surface area contributed by atoms with Gasteiger partial charge in [0.15, 0.2) is 18.0 Å². The van der Waals surface area contributed by atoms with Crippen molar-refractivity contribution in [1.82, 2.24) is 5.43 Å². The Kier molecular flexibility index (Phi) is 4.97. The maximum Gasteiger partial charge on any atom is 0.252 e. The smallest absolute Gasteiger partial charge is 0.252 e. The Morgan fingerprint density at radius 1 is 1.14 bits per heavy atom. The van der Waals surface area contributed by atoms with Crippen LogP contribution in [0.15, 0.2) is 83.2 Å². The van der Waals surface area contributed by atoms with Crippen molar-refractivity contribution < 1.29 is 14.8 Å². The highest BCUT2D eigenvalue weighted by Crippen LogP contribution is 2.30. The lowest BCUT2D eigenvalue weighted by Gasteiger charge is -2.23. The summed E-state index contributed by atoms with van der Waals surface area (Å²) >= 11 is 0. The normalized spacial score (nSPS) is 17.0. The van der Waals surface area contributed by atoms with Gasteiger partial charge in [-0.3, -0.25) is 10.4 Å². The summed E-state index contributed by atoms with van der Waals surface area (Å²) in [7, 11) is 0. The number of allylic oxidation sites excluding steroid dienone is 1. The van der Waals surface area contributed by atoms with E-state index in [-0.39, 0.29) is 6.61 Å². The van der Waals surface area contributed by atoms with E-state index in [1.54, 1.807) is 48.3 Å². The quantitative estimate of drug-likeness (QED) is 0.301. The van der Waals surface area contributed by atoms with Crippen molar-refractivity contribution in [3.05, 3.63) is 88.9 Å². The van der Waals surface area contributed by atoms with Gasteiger partial charge in [0.25, 0.3) is 5.69 Å². The molecule has 0 amide bonds. The number of anilines is 1. The lowest BCUT2D eigenvalue weighted by molar-refractivity contribution is -0.436. The molecule has 0 aromatic heterocycles. The second-order valence-electron chi connectivity index (χ2n) is 6.77. The fourth-order valence-electron chi connectivity index (χ4n) is 3.43. The first-order valence-corrected chi connectivity index (χ1v) is 9.21. The molecule has 7 nitrogen and oxygen atoms in total. The molecule has 29 heavy (non-hydrogen) atoms. The van der Waals surface area contributed by atoms with Crippen LogP contribution in [0.4, 0.5) is 11.4 Å². The van der Waals surface area contributed by atoms with E-state index in [0.29, 0.717) is 21.9 Å². The van der Waals surface area contributed by atoms with Crippen LogP contribution >= 0.6 is 0 Å². The van der Waals surface area contributed by atoms with Gasteiger partial charge in [-0.1, -0.05) is 42.5 Å². The van der Waals surface area contributed by atoms with Crippen LogP contribution in [0.3, 0.4) is 0 Å². The van der Waals surface area contributed by atoms with Crippen LogP contribution in [-0.2, 0) is 11.4 Å². The molecule has 3 aromatic rings. The average molecular weight is 388 g/mol. The third-order valence-corrected chi connectivity index (χ3v) is 4.93. The van der Waals surface area contributed by atoms with Crippen LogP contribution in [0, 0.1) is 5.21 Å². The van der Waals surface area contributed by atoms with Gasteiger partial charge < -0.3 is 15.1 Å². The fraction of sp³-hybridized carbons (Fsp3) is 0.136. The topological polar surface area (TPSA) is 91.0 Å². The van der Waals surface area contributed by atoms with E-state index in [1.165, 1.54) is 0 Å². The number of hydrazine groups is 1. The number of hydrogen-bond acceptors (Lipinski definition) is 6. The van der Waals surface area contributed by atoms with E-state index in [9.17, 15) is 15.1 Å². The maximum absolute atomic E-state index is 12.9. The second kappa shape index (κ2) is 7.73. The van der Waals surface area contributed by atoms with Gasteiger partial charge in [-0.15, -0.1) is 0 Å². The molecule has 0 radical (unpaired) electrons. The summed E-state index contributed by atoms with van der Waals surface area (Å²) in [6.45, 7) is 1.72. The zero-order valence-corrected chi connectivity index (χ0v) is 15.8. The average Bonchev–Trinajstić information content (AvgIpc) is 3.08. The minimum absolute atomic E-state index is 0.0567. The number of rotatable bonds is 5. The molecule has 0 bridgehead atoms. The van der Waals surface area contributed by atoms with Gasteiger partial charge in [0.1, 0.15) is 0 Å². The minimum atomic E-state index is -0.749. The number of azo groups is 1. The van der Waals surface area contributed by atoms with Gasteiger partial charge in [0.2, 0.25) is 0 Å². The van der Waals surface area contributed by atoms with Crippen molar-refractivity contribution in [2.24, 2.45) is 5.11 Å². The Labute approximate surface area is 167 Å². The van der Waals surface area contributed by atoms with Crippen LogP contribution in [0.5, 0.6) is 0 Å². The first-order chi connectivity index (χ1) is 14.1. The number of carbonyl (C=O) groups is 1. The molecule has 0 saturated carbocycles. The molecule has 2 N–H and O–H groups in total. The number of fused-ring (bicyclic) bond motifs is 1. The van der Waals surface area contributed by atoms with Crippen molar-refractivity contribution in [3.8, 4) is 0 Å². The number of nitrogens with one attached hydrogen (secondary N) is 1. The van der Waals surface area contributed by atoms with Crippen LogP contribution in [-0.4, -0.2) is 22.3 Å². The van der Waals surface area contributed by atoms with E-state index < -0.39 is 6.04 Å². The standard InChI is InChI=1S/C22H20N4O3/c1-15-22(21(14-28)25(23-15)18-11-9-16(13-27)10-12-18)24-26(29)20-8-4-6-17-5-2-3-7-19(17)20/h2-12,14,21,23,27H,13H2,1H3. The van der Waals surface area contributed by atoms with Gasteiger partial charge >= 0.3 is 0 Å². The van der Waals surface area contributed by atoms with Gasteiger partial charge in [0, 0.05) is 11.2 Å². The molecule has 146 valence electrons. The van der Waals surface area contributed by atoms with Gasteiger partial charge in [-0.2, -0.15) is 0 Å². The molecule has 1 aliphatic rings. The molecule has 1 aliphatic heterocycles. The third-order valence-electron chi connectivity index (χ3n) is 4.93. The van der Waals surface area contributed by atoms with Gasteiger partial charge in [-0.25, -0.2) is 0 Å². The highest BCUT2D eigenvalue weighted by atomic mass is 16.5. The van der Waals surface area contributed by atoms with Crippen LogP contribution in [0.25, 0.3) is 10.8 Å². The molecule has 0 aliphatic carbocycles. The number of aliphatic hydroxyl groups is 1. The predicted molar refractivity (Wildman–Crippen MR) is 110 cm³/mol. The lowest BCUT2D eigenvalue weighted by Crippen LogP contribution is -2.40. The second-order valence-corrected chi connectivity index (χ2v) is 6.77. The summed E-state index contributed by atoms with van der Waals surface area (Å²) in [5, 5.41) is 29.7. The summed E-state index contributed by atoms with van der Waals surface area (Å²) in [6, 6.07) is 19.4. The largest absolute Gasteiger partial charge is 0.594 e. The fourth-order valence-corrected chi connectivity index (χ4v) is 3.43. The Morgan fingerprint density at radius 2 is 1.86 bits per heavy atom. The van der Waals surface area contributed by atoms with Crippen LogP contribution in [0.2, 0.25) is 0 Å². The predicted octanol–water partition coefficient (Wildman–Crippen LogP) is 3.75. The van der Waals surface area contributed by atoms with E-state index in [2.05, 4.69) is 10.5 Å². The van der Waals surface area contributed by atoms with E-state index in [1.807, 2.05) is 30.3 Å². The van der Waals surface area contributed by atoms with Crippen molar-refractivity contribution in [2.75, 3.05) is 5.01 Å².